The van der Waals surface area contributed by atoms with E-state index >= 15 is 0 Å². The van der Waals surface area contributed by atoms with E-state index in [4.69, 9.17) is 0 Å². The number of hydrogen-bond donors (Lipinski definition) is 1. The number of fused-ring (bicyclic) bond motifs is 1. The standard InChI is InChI=1S/C18H17NO/c1-2-15-10-11-19(13-14-6-4-3-5-7-14)18-12-16(20)8-9-17(15)18/h3-9,11-12,20H,2,13H2,1H3. The largest absolute Gasteiger partial charge is 0.508 e. The summed E-state index contributed by atoms with van der Waals surface area (Å²) in [6.07, 6.45) is 2.92. The Labute approximate surface area is 119 Å². The Morgan fingerprint density at radius 1 is 1.10 bits per heavy atom. The first kappa shape index (κ1) is 12.6. The van der Waals surface area contributed by atoms with E-state index in [1.807, 2.05) is 36.5 Å². The molecule has 0 aromatic heterocycles. The molecule has 1 heterocycles. The summed E-state index contributed by atoms with van der Waals surface area (Å²) in [7, 11) is 0. The van der Waals surface area contributed by atoms with Crippen LogP contribution in [0, 0.1) is 0 Å². The summed E-state index contributed by atoms with van der Waals surface area (Å²) in [6.45, 7) is 2.90. The van der Waals surface area contributed by atoms with E-state index in [1.54, 1.807) is 6.07 Å². The van der Waals surface area contributed by atoms with Crippen molar-refractivity contribution in [3.05, 3.63) is 71.6 Å². The second-order valence-corrected chi connectivity index (χ2v) is 4.92. The molecule has 2 aromatic rings. The summed E-state index contributed by atoms with van der Waals surface area (Å²) >= 11 is 0. The molecule has 1 aliphatic heterocycles. The molecule has 0 radical (unpaired) electrons. The minimum atomic E-state index is 0.299. The number of nitrogens with zero attached hydrogens (tertiary/aromatic N) is 1. The van der Waals surface area contributed by atoms with E-state index in [1.165, 1.54) is 11.1 Å². The summed E-state index contributed by atoms with van der Waals surface area (Å²) in [5, 5.41) is 9.76. The van der Waals surface area contributed by atoms with Gasteiger partial charge in [-0.3, -0.25) is 0 Å². The number of aromatic hydroxyl groups is 1. The molecule has 0 bridgehead atoms. The van der Waals surface area contributed by atoms with Gasteiger partial charge in [-0.1, -0.05) is 43.0 Å². The highest BCUT2D eigenvalue weighted by Crippen LogP contribution is 2.35. The zero-order valence-corrected chi connectivity index (χ0v) is 11.5. The smallest absolute Gasteiger partial charge is 0.117 e. The molecule has 0 spiro atoms. The molecule has 3 rings (SSSR count). The molecular weight excluding hydrogens is 246 g/mol. The van der Waals surface area contributed by atoms with Gasteiger partial charge in [0.25, 0.3) is 0 Å². The van der Waals surface area contributed by atoms with Gasteiger partial charge in [0.2, 0.25) is 0 Å². The van der Waals surface area contributed by atoms with Crippen LogP contribution in [-0.2, 0) is 6.54 Å². The molecule has 0 atom stereocenters. The molecule has 0 saturated heterocycles. The maximum Gasteiger partial charge on any atom is 0.117 e. The van der Waals surface area contributed by atoms with Crippen LogP contribution < -0.4 is 4.90 Å². The number of hydrogen-bond acceptors (Lipinski definition) is 2. The van der Waals surface area contributed by atoms with Crippen molar-refractivity contribution in [1.82, 2.24) is 0 Å². The number of rotatable bonds is 3. The lowest BCUT2D eigenvalue weighted by Crippen LogP contribution is -2.18. The lowest BCUT2D eigenvalue weighted by molar-refractivity contribution is 0.475. The van der Waals surface area contributed by atoms with Crippen molar-refractivity contribution >= 4 is 11.3 Å². The van der Waals surface area contributed by atoms with Gasteiger partial charge in [-0.15, -0.1) is 0 Å². The summed E-state index contributed by atoms with van der Waals surface area (Å²) in [6, 6.07) is 15.9. The lowest BCUT2D eigenvalue weighted by Gasteiger charge is -2.26. The van der Waals surface area contributed by atoms with Crippen molar-refractivity contribution in [1.29, 1.82) is 0 Å². The maximum atomic E-state index is 9.76. The highest BCUT2D eigenvalue weighted by Gasteiger charge is 2.16. The van der Waals surface area contributed by atoms with Gasteiger partial charge in [0.1, 0.15) is 5.75 Å². The molecule has 0 amide bonds. The molecule has 20 heavy (non-hydrogen) atoms. The fraction of sp³-hybridized carbons (Fsp3) is 0.167. The average molecular weight is 263 g/mol. The number of anilines is 1. The van der Waals surface area contributed by atoms with Gasteiger partial charge >= 0.3 is 0 Å². The zero-order chi connectivity index (χ0) is 13.9. The monoisotopic (exact) mass is 263 g/mol. The van der Waals surface area contributed by atoms with Crippen LogP contribution in [0.1, 0.15) is 24.5 Å². The molecule has 1 N–H and O–H groups in total. The normalized spacial score (nSPS) is 13.1. The quantitative estimate of drug-likeness (QED) is 0.834. The van der Waals surface area contributed by atoms with Crippen LogP contribution in [0.2, 0.25) is 0 Å². The van der Waals surface area contributed by atoms with Crippen molar-refractivity contribution < 1.29 is 5.11 Å². The Morgan fingerprint density at radius 3 is 2.65 bits per heavy atom. The van der Waals surface area contributed by atoms with Gasteiger partial charge in [-0.2, -0.15) is 0 Å². The first-order chi connectivity index (χ1) is 9.78. The van der Waals surface area contributed by atoms with Crippen LogP contribution in [0.4, 0.5) is 5.69 Å². The molecule has 2 heteroatoms. The Bertz CT molecular complexity index is 682. The van der Waals surface area contributed by atoms with Crippen LogP contribution in [0.3, 0.4) is 0 Å². The van der Waals surface area contributed by atoms with Crippen LogP contribution >= 0.6 is 0 Å². The Balaban J connectivity index is 2.01. The van der Waals surface area contributed by atoms with Crippen LogP contribution in [0.25, 0.3) is 5.57 Å². The molecule has 2 aromatic carbocycles. The van der Waals surface area contributed by atoms with Crippen molar-refractivity contribution in [2.24, 2.45) is 0 Å². The lowest BCUT2D eigenvalue weighted by atomic mass is 9.99. The third-order valence-corrected chi connectivity index (χ3v) is 3.56. The fourth-order valence-corrected chi connectivity index (χ4v) is 2.52. The Morgan fingerprint density at radius 2 is 1.90 bits per heavy atom. The van der Waals surface area contributed by atoms with Gasteiger partial charge in [0.15, 0.2) is 0 Å². The minimum Gasteiger partial charge on any atom is -0.508 e. The van der Waals surface area contributed by atoms with Crippen molar-refractivity contribution in [2.75, 3.05) is 4.90 Å². The van der Waals surface area contributed by atoms with Crippen LogP contribution in [0.5, 0.6) is 5.75 Å². The summed E-state index contributed by atoms with van der Waals surface area (Å²) < 4.78 is 0. The molecule has 0 fully saturated rings. The number of benzene rings is 2. The molecule has 0 unspecified atom stereocenters. The Kier molecular flexibility index (Phi) is 3.32. The van der Waals surface area contributed by atoms with Crippen LogP contribution in [-0.4, -0.2) is 5.11 Å². The number of allylic oxidation sites excluding steroid dienone is 1. The third-order valence-electron chi connectivity index (χ3n) is 3.56. The van der Waals surface area contributed by atoms with Crippen LogP contribution in [0.15, 0.2) is 60.5 Å². The third kappa shape index (κ3) is 2.34. The molecule has 0 aliphatic carbocycles. The zero-order valence-electron chi connectivity index (χ0n) is 11.5. The summed E-state index contributed by atoms with van der Waals surface area (Å²) in [5.41, 5.74) is 7.97. The van der Waals surface area contributed by atoms with Crippen molar-refractivity contribution in [3.63, 3.8) is 0 Å². The highest BCUT2D eigenvalue weighted by molar-refractivity contribution is 5.80. The van der Waals surface area contributed by atoms with Crippen molar-refractivity contribution in [2.45, 2.75) is 19.9 Å². The predicted octanol–water partition coefficient (Wildman–Crippen LogP) is 4.32. The second kappa shape index (κ2) is 5.28. The van der Waals surface area contributed by atoms with E-state index < -0.39 is 0 Å². The SMILES string of the molecule is CCC1=C=CN(Cc2ccccc2)c2cc(O)ccc21. The minimum absolute atomic E-state index is 0.299. The van der Waals surface area contributed by atoms with E-state index in [0.717, 1.165) is 24.2 Å². The average Bonchev–Trinajstić information content (AvgIpc) is 2.49. The first-order valence-corrected chi connectivity index (χ1v) is 6.87. The van der Waals surface area contributed by atoms with Gasteiger partial charge in [0, 0.05) is 29.9 Å². The second-order valence-electron chi connectivity index (χ2n) is 4.92. The van der Waals surface area contributed by atoms with Crippen molar-refractivity contribution in [3.8, 4) is 5.75 Å². The molecular formula is C18H17NO. The summed E-state index contributed by atoms with van der Waals surface area (Å²) in [5.74, 6) is 0.299. The molecule has 0 saturated carbocycles. The van der Waals surface area contributed by atoms with E-state index in [2.05, 4.69) is 29.7 Å². The highest BCUT2D eigenvalue weighted by atomic mass is 16.3. The van der Waals surface area contributed by atoms with Gasteiger partial charge in [-0.05, 0) is 24.1 Å². The van der Waals surface area contributed by atoms with Gasteiger partial charge < -0.3 is 10.0 Å². The number of phenolic OH excluding ortho intramolecular Hbond substituents is 1. The maximum absolute atomic E-state index is 9.76. The summed E-state index contributed by atoms with van der Waals surface area (Å²) in [4.78, 5) is 2.13. The van der Waals surface area contributed by atoms with Gasteiger partial charge in [0.05, 0.1) is 5.69 Å². The van der Waals surface area contributed by atoms with E-state index in [0.29, 0.717) is 5.75 Å². The molecule has 2 nitrogen and oxygen atoms in total. The van der Waals surface area contributed by atoms with E-state index in [-0.39, 0.29) is 0 Å². The predicted molar refractivity (Wildman–Crippen MR) is 82.5 cm³/mol. The first-order valence-electron chi connectivity index (χ1n) is 6.87. The topological polar surface area (TPSA) is 23.5 Å². The molecule has 100 valence electrons. The fourth-order valence-electron chi connectivity index (χ4n) is 2.52. The van der Waals surface area contributed by atoms with E-state index in [9.17, 15) is 5.11 Å². The van der Waals surface area contributed by atoms with Gasteiger partial charge in [-0.25, -0.2) is 0 Å². The Hall–Kier alpha value is -2.44. The molecule has 1 aliphatic rings. The number of phenols is 1.